The number of ether oxygens (including phenoxy) is 1. The third-order valence-electron chi connectivity index (χ3n) is 9.09. The maximum absolute atomic E-state index is 14.4. The first-order valence-corrected chi connectivity index (χ1v) is 15.7. The van der Waals surface area contributed by atoms with Crippen molar-refractivity contribution in [2.24, 2.45) is 0 Å². The summed E-state index contributed by atoms with van der Waals surface area (Å²) in [5.74, 6) is 1.27. The quantitative estimate of drug-likeness (QED) is 0.222. The molecule has 1 aliphatic rings. The summed E-state index contributed by atoms with van der Waals surface area (Å²) < 4.78 is 9.94. The molecule has 43 heavy (non-hydrogen) atoms. The molecule has 2 heterocycles. The van der Waals surface area contributed by atoms with Crippen LogP contribution in [0.1, 0.15) is 100.0 Å². The fourth-order valence-electron chi connectivity index (χ4n) is 6.26. The first kappa shape index (κ1) is 30.7. The van der Waals surface area contributed by atoms with E-state index in [1.54, 1.807) is 0 Å². The smallest absolute Gasteiger partial charge is 0.259 e. The lowest BCUT2D eigenvalue weighted by atomic mass is 9.91. The Morgan fingerprint density at radius 2 is 1.74 bits per heavy atom. The van der Waals surface area contributed by atoms with E-state index in [4.69, 9.17) is 14.8 Å². The van der Waals surface area contributed by atoms with Crippen molar-refractivity contribution in [1.82, 2.24) is 19.2 Å². The van der Waals surface area contributed by atoms with Crippen molar-refractivity contribution in [3.05, 3.63) is 87.1 Å². The summed E-state index contributed by atoms with van der Waals surface area (Å²) in [7, 11) is 0. The number of nitriles is 1. The molecule has 8 heteroatoms. The number of nitrogens with zero attached hydrogens (tertiary/aromatic N) is 5. The summed E-state index contributed by atoms with van der Waals surface area (Å²) in [6.07, 6.45) is 6.81. The topological polar surface area (TPSA) is 105 Å². The van der Waals surface area contributed by atoms with E-state index < -0.39 is 5.60 Å². The van der Waals surface area contributed by atoms with Gasteiger partial charge in [-0.15, -0.1) is 0 Å². The number of fused-ring (bicyclic) bond motifs is 1. The normalized spacial score (nSPS) is 17.3. The molecule has 1 fully saturated rings. The van der Waals surface area contributed by atoms with E-state index in [0.717, 1.165) is 66.5 Å². The highest BCUT2D eigenvalue weighted by Crippen LogP contribution is 2.32. The molecule has 1 N–H and O–H groups in total. The highest BCUT2D eigenvalue weighted by Gasteiger charge is 2.30. The van der Waals surface area contributed by atoms with Crippen molar-refractivity contribution in [2.45, 2.75) is 103 Å². The molecule has 8 nitrogen and oxygen atoms in total. The van der Waals surface area contributed by atoms with Crippen molar-refractivity contribution in [1.29, 1.82) is 5.26 Å². The summed E-state index contributed by atoms with van der Waals surface area (Å²) in [5.41, 5.74) is 4.47. The summed E-state index contributed by atoms with van der Waals surface area (Å²) >= 11 is 0. The maximum Gasteiger partial charge on any atom is 0.259 e. The zero-order valence-electron chi connectivity index (χ0n) is 25.8. The van der Waals surface area contributed by atoms with E-state index in [2.05, 4.69) is 25.1 Å². The average molecular weight is 582 g/mol. The van der Waals surface area contributed by atoms with Crippen molar-refractivity contribution in [3.8, 4) is 17.2 Å². The van der Waals surface area contributed by atoms with Crippen LogP contribution in [0.25, 0.3) is 16.9 Å². The van der Waals surface area contributed by atoms with Gasteiger partial charge in [-0.3, -0.25) is 9.36 Å². The van der Waals surface area contributed by atoms with Gasteiger partial charge in [-0.1, -0.05) is 69.7 Å². The third-order valence-corrected chi connectivity index (χ3v) is 9.09. The second kappa shape index (κ2) is 13.2. The predicted molar refractivity (Wildman–Crippen MR) is 168 cm³/mol. The van der Waals surface area contributed by atoms with E-state index in [1.807, 2.05) is 66.3 Å². The number of aryl methyl sites for hydroxylation is 2. The minimum Gasteiger partial charge on any atom is -0.388 e. The molecule has 0 bridgehead atoms. The number of benzene rings is 2. The molecule has 0 aliphatic heterocycles. The average Bonchev–Trinajstić information content (AvgIpc) is 3.43. The first-order chi connectivity index (χ1) is 20.8. The largest absolute Gasteiger partial charge is 0.388 e. The number of rotatable bonds is 11. The van der Waals surface area contributed by atoms with Gasteiger partial charge in [0, 0.05) is 18.0 Å². The number of aromatic nitrogens is 4. The zero-order valence-corrected chi connectivity index (χ0v) is 25.8. The highest BCUT2D eigenvalue weighted by molar-refractivity contribution is 5.70. The van der Waals surface area contributed by atoms with E-state index in [0.29, 0.717) is 43.0 Å². The molecule has 0 saturated heterocycles. The fourth-order valence-corrected chi connectivity index (χ4v) is 6.26. The van der Waals surface area contributed by atoms with Gasteiger partial charge in [0.1, 0.15) is 5.82 Å². The molecular weight excluding hydrogens is 538 g/mol. The Morgan fingerprint density at radius 1 is 1.05 bits per heavy atom. The summed E-state index contributed by atoms with van der Waals surface area (Å²) in [6, 6.07) is 18.0. The Balaban J connectivity index is 1.45. The van der Waals surface area contributed by atoms with Gasteiger partial charge in [-0.2, -0.15) is 15.3 Å². The lowest BCUT2D eigenvalue weighted by Gasteiger charge is -2.33. The SMILES string of the molecule is CCCc1c(Cc2ccc(-c3ccccc3C#N)cc2)c(=O)n(C2CCC(OCC(O)(CC)CC)CC2)c2nc(C)nn12. The van der Waals surface area contributed by atoms with E-state index in [9.17, 15) is 15.2 Å². The standard InChI is InChI=1S/C35H43N5O3/c1-5-10-32-31(21-25-13-15-26(16-14-25)30-12-9-8-11-27(30)22-36)33(41)39(34-37-24(4)38-40(32)34)28-17-19-29(20-18-28)43-23-35(42,6-2)7-3/h8-9,11-16,28-29,42H,5-7,10,17-21,23H2,1-4H3. The third kappa shape index (κ3) is 6.43. The highest BCUT2D eigenvalue weighted by atomic mass is 16.5. The monoisotopic (exact) mass is 581 g/mol. The number of hydrogen-bond acceptors (Lipinski definition) is 6. The summed E-state index contributed by atoms with van der Waals surface area (Å²) in [5, 5.41) is 25.0. The fraction of sp³-hybridized carbons (Fsp3) is 0.486. The van der Waals surface area contributed by atoms with Crippen LogP contribution in [0.4, 0.5) is 0 Å². The number of hydrogen-bond donors (Lipinski definition) is 1. The van der Waals surface area contributed by atoms with Gasteiger partial charge >= 0.3 is 0 Å². The van der Waals surface area contributed by atoms with Crippen LogP contribution >= 0.6 is 0 Å². The van der Waals surface area contributed by atoms with Crippen LogP contribution in [0, 0.1) is 18.3 Å². The second-order valence-corrected chi connectivity index (χ2v) is 11.9. The van der Waals surface area contributed by atoms with Crippen molar-refractivity contribution in [3.63, 3.8) is 0 Å². The van der Waals surface area contributed by atoms with Crippen LogP contribution in [0.2, 0.25) is 0 Å². The van der Waals surface area contributed by atoms with Crippen molar-refractivity contribution < 1.29 is 9.84 Å². The van der Waals surface area contributed by atoms with Gasteiger partial charge in [-0.05, 0) is 74.6 Å². The Labute approximate surface area is 254 Å². The molecule has 226 valence electrons. The van der Waals surface area contributed by atoms with Crippen LogP contribution in [-0.4, -0.2) is 42.6 Å². The molecule has 2 aromatic heterocycles. The van der Waals surface area contributed by atoms with Crippen LogP contribution < -0.4 is 5.56 Å². The molecule has 0 amide bonds. The molecule has 5 rings (SSSR count). The Morgan fingerprint density at radius 3 is 2.40 bits per heavy atom. The van der Waals surface area contributed by atoms with Gasteiger partial charge in [0.25, 0.3) is 5.56 Å². The van der Waals surface area contributed by atoms with Crippen molar-refractivity contribution >= 4 is 5.78 Å². The molecule has 1 aliphatic carbocycles. The molecule has 4 aromatic rings. The van der Waals surface area contributed by atoms with Crippen LogP contribution in [-0.2, 0) is 17.6 Å². The van der Waals surface area contributed by atoms with Gasteiger partial charge in [-0.25, -0.2) is 4.52 Å². The van der Waals surface area contributed by atoms with E-state index in [-0.39, 0.29) is 17.7 Å². The van der Waals surface area contributed by atoms with Gasteiger partial charge in [0.2, 0.25) is 5.78 Å². The molecule has 0 radical (unpaired) electrons. The van der Waals surface area contributed by atoms with Crippen LogP contribution in [0.3, 0.4) is 0 Å². The Kier molecular flexibility index (Phi) is 9.43. The zero-order chi connectivity index (χ0) is 30.6. The molecular formula is C35H43N5O3. The Bertz CT molecular complexity index is 1650. The van der Waals surface area contributed by atoms with Gasteiger partial charge in [0.15, 0.2) is 0 Å². The summed E-state index contributed by atoms with van der Waals surface area (Å²) in [4.78, 5) is 19.1. The summed E-state index contributed by atoms with van der Waals surface area (Å²) in [6.45, 7) is 8.32. The predicted octanol–water partition coefficient (Wildman–Crippen LogP) is 6.33. The van der Waals surface area contributed by atoms with Crippen LogP contribution in [0.15, 0.2) is 53.3 Å². The van der Waals surface area contributed by atoms with Crippen molar-refractivity contribution in [2.75, 3.05) is 6.61 Å². The van der Waals surface area contributed by atoms with Crippen LogP contribution in [0.5, 0.6) is 0 Å². The van der Waals surface area contributed by atoms with E-state index >= 15 is 0 Å². The molecule has 0 spiro atoms. The minimum atomic E-state index is -0.777. The Hall–Kier alpha value is -3.80. The first-order valence-electron chi connectivity index (χ1n) is 15.7. The van der Waals surface area contributed by atoms with Gasteiger partial charge < -0.3 is 9.84 Å². The molecule has 0 atom stereocenters. The van der Waals surface area contributed by atoms with E-state index in [1.165, 1.54) is 0 Å². The maximum atomic E-state index is 14.4. The lowest BCUT2D eigenvalue weighted by Crippen LogP contribution is -2.37. The second-order valence-electron chi connectivity index (χ2n) is 11.9. The molecule has 1 saturated carbocycles. The lowest BCUT2D eigenvalue weighted by molar-refractivity contribution is -0.0865. The molecule has 2 aromatic carbocycles. The number of aliphatic hydroxyl groups is 1. The molecule has 0 unspecified atom stereocenters. The van der Waals surface area contributed by atoms with Gasteiger partial charge in [0.05, 0.1) is 35.6 Å². The minimum absolute atomic E-state index is 0.00831.